The molecule has 6 heteroatoms. The molecule has 0 spiro atoms. The highest BCUT2D eigenvalue weighted by atomic mass is 32.1. The van der Waals surface area contributed by atoms with Crippen LogP contribution in [0.1, 0.15) is 35.2 Å². The van der Waals surface area contributed by atoms with Gasteiger partial charge in [-0.25, -0.2) is 4.98 Å². The lowest BCUT2D eigenvalue weighted by Gasteiger charge is -2.17. The molecule has 22 heavy (non-hydrogen) atoms. The van der Waals surface area contributed by atoms with Crippen molar-refractivity contribution < 1.29 is 4.52 Å². The number of hydrogen-bond acceptors (Lipinski definition) is 5. The molecule has 5 nitrogen and oxygen atoms in total. The molecule has 0 aliphatic heterocycles. The third-order valence-electron chi connectivity index (χ3n) is 4.29. The van der Waals surface area contributed by atoms with Crippen LogP contribution in [-0.2, 0) is 19.4 Å². The molecule has 3 aromatic heterocycles. The van der Waals surface area contributed by atoms with Gasteiger partial charge in [0, 0.05) is 10.9 Å². The number of thiophene rings is 1. The van der Waals surface area contributed by atoms with Crippen molar-refractivity contribution in [2.75, 3.05) is 0 Å². The predicted octanol–water partition coefficient (Wildman–Crippen LogP) is 2.93. The minimum Gasteiger partial charge on any atom is -0.361 e. The number of aryl methyl sites for hydroxylation is 2. The van der Waals surface area contributed by atoms with Gasteiger partial charge in [0.2, 0.25) is 0 Å². The summed E-state index contributed by atoms with van der Waals surface area (Å²) in [4.78, 5) is 19.5. The van der Waals surface area contributed by atoms with E-state index in [1.54, 1.807) is 22.2 Å². The molecule has 1 atom stereocenters. The maximum absolute atomic E-state index is 12.8. The van der Waals surface area contributed by atoms with Crippen LogP contribution in [0, 0.1) is 12.8 Å². The molecule has 3 heterocycles. The lowest BCUT2D eigenvalue weighted by atomic mass is 9.89. The first-order chi connectivity index (χ1) is 10.6. The normalized spacial score (nSPS) is 17.8. The van der Waals surface area contributed by atoms with Crippen LogP contribution >= 0.6 is 11.3 Å². The van der Waals surface area contributed by atoms with Crippen molar-refractivity contribution in [2.45, 2.75) is 39.7 Å². The lowest BCUT2D eigenvalue weighted by Crippen LogP contribution is -2.22. The molecular formula is C16H17N3O2S. The Morgan fingerprint density at radius 3 is 3.14 bits per heavy atom. The van der Waals surface area contributed by atoms with Crippen LogP contribution in [0.3, 0.4) is 0 Å². The van der Waals surface area contributed by atoms with E-state index in [1.165, 1.54) is 10.4 Å². The van der Waals surface area contributed by atoms with E-state index in [2.05, 4.69) is 17.1 Å². The van der Waals surface area contributed by atoms with Crippen LogP contribution in [0.15, 0.2) is 21.7 Å². The third kappa shape index (κ3) is 2.18. The predicted molar refractivity (Wildman–Crippen MR) is 85.4 cm³/mol. The Balaban J connectivity index is 1.81. The van der Waals surface area contributed by atoms with E-state index >= 15 is 0 Å². The van der Waals surface area contributed by atoms with Crippen LogP contribution in [0.25, 0.3) is 10.2 Å². The molecule has 3 aromatic rings. The van der Waals surface area contributed by atoms with Gasteiger partial charge in [0.15, 0.2) is 0 Å². The van der Waals surface area contributed by atoms with Gasteiger partial charge in [0.25, 0.3) is 5.56 Å². The Morgan fingerprint density at radius 1 is 1.50 bits per heavy atom. The van der Waals surface area contributed by atoms with Gasteiger partial charge in [0.05, 0.1) is 18.3 Å². The van der Waals surface area contributed by atoms with E-state index in [4.69, 9.17) is 4.52 Å². The van der Waals surface area contributed by atoms with Gasteiger partial charge >= 0.3 is 0 Å². The van der Waals surface area contributed by atoms with Gasteiger partial charge in [-0.1, -0.05) is 12.1 Å². The maximum atomic E-state index is 12.8. The topological polar surface area (TPSA) is 60.9 Å². The molecule has 0 fully saturated rings. The first-order valence-corrected chi connectivity index (χ1v) is 8.35. The van der Waals surface area contributed by atoms with E-state index in [-0.39, 0.29) is 5.56 Å². The average Bonchev–Trinajstić information content (AvgIpc) is 3.05. The highest BCUT2D eigenvalue weighted by Crippen LogP contribution is 2.35. The van der Waals surface area contributed by atoms with E-state index in [0.717, 1.165) is 40.9 Å². The first-order valence-electron chi connectivity index (χ1n) is 7.53. The van der Waals surface area contributed by atoms with Gasteiger partial charge in [-0.2, -0.15) is 0 Å². The highest BCUT2D eigenvalue weighted by molar-refractivity contribution is 7.18. The molecule has 0 N–H and O–H groups in total. The third-order valence-corrected chi connectivity index (χ3v) is 5.45. The fourth-order valence-corrected chi connectivity index (χ4v) is 4.49. The van der Waals surface area contributed by atoms with Gasteiger partial charge in [-0.3, -0.25) is 9.36 Å². The summed E-state index contributed by atoms with van der Waals surface area (Å²) in [5, 5.41) is 4.77. The van der Waals surface area contributed by atoms with Gasteiger partial charge in [-0.05, 0) is 37.7 Å². The minimum absolute atomic E-state index is 0.0395. The van der Waals surface area contributed by atoms with Crippen LogP contribution in [-0.4, -0.2) is 14.7 Å². The van der Waals surface area contributed by atoms with Gasteiger partial charge in [-0.15, -0.1) is 11.3 Å². The largest absolute Gasteiger partial charge is 0.361 e. The SMILES string of the molecule is Cc1cc(Cn2cnc3sc4c(c3c2=O)CCC(C)C4)no1. The van der Waals surface area contributed by atoms with E-state index in [9.17, 15) is 4.79 Å². The van der Waals surface area contributed by atoms with Crippen molar-refractivity contribution in [2.24, 2.45) is 5.92 Å². The highest BCUT2D eigenvalue weighted by Gasteiger charge is 2.23. The monoisotopic (exact) mass is 315 g/mol. The number of rotatable bonds is 2. The summed E-state index contributed by atoms with van der Waals surface area (Å²) in [6, 6.07) is 1.85. The standard InChI is InChI=1S/C16H17N3O2S/c1-9-3-4-12-13(5-9)22-15-14(12)16(20)19(8-17-15)7-11-6-10(2)21-18-11/h6,8-9H,3-5,7H2,1-2H3. The lowest BCUT2D eigenvalue weighted by molar-refractivity contribution is 0.388. The summed E-state index contributed by atoms with van der Waals surface area (Å²) in [5.74, 6) is 1.44. The molecule has 0 saturated carbocycles. The van der Waals surface area contributed by atoms with Gasteiger partial charge in [0.1, 0.15) is 16.3 Å². The second-order valence-electron chi connectivity index (χ2n) is 6.14. The average molecular weight is 315 g/mol. The summed E-state index contributed by atoms with van der Waals surface area (Å²) >= 11 is 1.68. The van der Waals surface area contributed by atoms with Crippen molar-refractivity contribution in [3.63, 3.8) is 0 Å². The maximum Gasteiger partial charge on any atom is 0.262 e. The molecule has 114 valence electrons. The Hall–Kier alpha value is -1.95. The van der Waals surface area contributed by atoms with Crippen LogP contribution in [0.2, 0.25) is 0 Å². The van der Waals surface area contributed by atoms with E-state index in [0.29, 0.717) is 12.5 Å². The zero-order valence-electron chi connectivity index (χ0n) is 12.6. The van der Waals surface area contributed by atoms with E-state index < -0.39 is 0 Å². The van der Waals surface area contributed by atoms with Crippen molar-refractivity contribution in [3.05, 3.63) is 44.6 Å². The molecule has 0 saturated heterocycles. The zero-order valence-corrected chi connectivity index (χ0v) is 13.4. The summed E-state index contributed by atoms with van der Waals surface area (Å²) in [7, 11) is 0. The van der Waals surface area contributed by atoms with Crippen molar-refractivity contribution in [1.29, 1.82) is 0 Å². The van der Waals surface area contributed by atoms with Crippen LogP contribution in [0.5, 0.6) is 0 Å². The molecule has 1 aliphatic carbocycles. The zero-order chi connectivity index (χ0) is 15.3. The molecular weight excluding hydrogens is 298 g/mol. The van der Waals surface area contributed by atoms with Gasteiger partial charge < -0.3 is 4.52 Å². The molecule has 1 aliphatic rings. The molecule has 0 bridgehead atoms. The van der Waals surface area contributed by atoms with Crippen LogP contribution < -0.4 is 5.56 Å². The molecule has 0 radical (unpaired) electrons. The van der Waals surface area contributed by atoms with E-state index in [1.807, 2.05) is 13.0 Å². The van der Waals surface area contributed by atoms with Crippen molar-refractivity contribution in [3.8, 4) is 0 Å². The molecule has 0 amide bonds. The number of hydrogen-bond donors (Lipinski definition) is 0. The Kier molecular flexibility index (Phi) is 3.14. The quantitative estimate of drug-likeness (QED) is 0.729. The summed E-state index contributed by atoms with van der Waals surface area (Å²) in [6.45, 7) is 4.52. The summed E-state index contributed by atoms with van der Waals surface area (Å²) in [6.07, 6.45) is 4.83. The Bertz CT molecular complexity index is 906. The molecule has 1 unspecified atom stereocenters. The number of aromatic nitrogens is 3. The second kappa shape index (κ2) is 5.05. The second-order valence-corrected chi connectivity index (χ2v) is 7.22. The number of nitrogens with zero attached hydrogens (tertiary/aromatic N) is 3. The smallest absolute Gasteiger partial charge is 0.262 e. The Morgan fingerprint density at radius 2 is 2.36 bits per heavy atom. The summed E-state index contributed by atoms with van der Waals surface area (Å²) < 4.78 is 6.70. The van der Waals surface area contributed by atoms with Crippen LogP contribution in [0.4, 0.5) is 0 Å². The Labute approximate surface area is 131 Å². The van der Waals surface area contributed by atoms with Crippen molar-refractivity contribution in [1.82, 2.24) is 14.7 Å². The fourth-order valence-electron chi connectivity index (χ4n) is 3.15. The first kappa shape index (κ1) is 13.7. The molecule has 0 aromatic carbocycles. The van der Waals surface area contributed by atoms with Crippen molar-refractivity contribution >= 4 is 21.6 Å². The number of fused-ring (bicyclic) bond motifs is 3. The minimum atomic E-state index is 0.0395. The fraction of sp³-hybridized carbons (Fsp3) is 0.438. The molecule has 4 rings (SSSR count). The summed E-state index contributed by atoms with van der Waals surface area (Å²) in [5.41, 5.74) is 2.01.